The molecule has 0 fully saturated rings. The third-order valence-electron chi connectivity index (χ3n) is 2.45. The van der Waals surface area contributed by atoms with Crippen molar-refractivity contribution in [3.8, 4) is 0 Å². The molecule has 0 aliphatic rings. The van der Waals surface area contributed by atoms with Crippen LogP contribution in [-0.2, 0) is 0 Å². The molecule has 80 valence electrons. The quantitative estimate of drug-likeness (QED) is 0.680. The number of aromatic nitrogens is 4. The summed E-state index contributed by atoms with van der Waals surface area (Å²) in [5.74, 6) is 0. The van der Waals surface area contributed by atoms with Crippen molar-refractivity contribution in [3.63, 3.8) is 0 Å². The van der Waals surface area contributed by atoms with Crippen LogP contribution in [0, 0.1) is 6.92 Å². The number of H-pyrrole nitrogens is 1. The summed E-state index contributed by atoms with van der Waals surface area (Å²) < 4.78 is 2.38. The summed E-state index contributed by atoms with van der Waals surface area (Å²) in [5, 5.41) is 4.16. The first kappa shape index (κ1) is 9.53. The van der Waals surface area contributed by atoms with Gasteiger partial charge in [-0.1, -0.05) is 0 Å². The van der Waals surface area contributed by atoms with E-state index in [1.54, 1.807) is 23.0 Å². The summed E-state index contributed by atoms with van der Waals surface area (Å²) >= 11 is 3.31. The number of hydrogen-bond acceptors (Lipinski definition) is 3. The second-order valence-corrected chi connectivity index (χ2v) is 4.48. The van der Waals surface area contributed by atoms with Crippen LogP contribution in [0.25, 0.3) is 16.7 Å². The molecule has 3 aromatic heterocycles. The average molecular weight is 279 g/mol. The maximum atomic E-state index is 11.8. The minimum Gasteiger partial charge on any atom is -0.317 e. The summed E-state index contributed by atoms with van der Waals surface area (Å²) in [5.41, 5.74) is 2.54. The molecule has 0 atom stereocenters. The third-order valence-corrected chi connectivity index (χ3v) is 2.88. The van der Waals surface area contributed by atoms with Gasteiger partial charge in [0.15, 0.2) is 5.65 Å². The monoisotopic (exact) mass is 278 g/mol. The van der Waals surface area contributed by atoms with Gasteiger partial charge in [-0.25, -0.2) is 9.50 Å². The number of aromatic amines is 1. The highest BCUT2D eigenvalue weighted by molar-refractivity contribution is 9.10. The maximum Gasteiger partial charge on any atom is 0.274 e. The Kier molecular flexibility index (Phi) is 1.88. The lowest BCUT2D eigenvalue weighted by Gasteiger charge is -2.00. The largest absolute Gasteiger partial charge is 0.317 e. The van der Waals surface area contributed by atoms with Gasteiger partial charge in [-0.2, -0.15) is 5.10 Å². The van der Waals surface area contributed by atoms with Crippen molar-refractivity contribution in [1.29, 1.82) is 0 Å². The average Bonchev–Trinajstić information content (AvgIpc) is 2.61. The Morgan fingerprint density at radius 2 is 2.25 bits per heavy atom. The second kappa shape index (κ2) is 3.15. The highest BCUT2D eigenvalue weighted by Gasteiger charge is 2.09. The van der Waals surface area contributed by atoms with Crippen LogP contribution in [0.2, 0.25) is 0 Å². The van der Waals surface area contributed by atoms with Crippen LogP contribution in [0.15, 0.2) is 27.7 Å². The molecule has 0 aliphatic carbocycles. The number of hydrogen-bond donors (Lipinski definition) is 1. The smallest absolute Gasteiger partial charge is 0.274 e. The summed E-state index contributed by atoms with van der Waals surface area (Å²) in [6.07, 6.45) is 3.34. The van der Waals surface area contributed by atoms with E-state index in [9.17, 15) is 4.79 Å². The molecule has 0 bridgehead atoms. The van der Waals surface area contributed by atoms with Gasteiger partial charge in [-0.3, -0.25) is 4.79 Å². The number of aryl methyl sites for hydroxylation is 1. The van der Waals surface area contributed by atoms with Crippen LogP contribution >= 0.6 is 15.9 Å². The van der Waals surface area contributed by atoms with E-state index in [1.165, 1.54) is 0 Å². The molecular formula is C10H7BrN4O. The predicted molar refractivity (Wildman–Crippen MR) is 63.6 cm³/mol. The van der Waals surface area contributed by atoms with Crippen LogP contribution < -0.4 is 5.56 Å². The molecule has 0 saturated carbocycles. The summed E-state index contributed by atoms with van der Waals surface area (Å²) in [6.45, 7) is 1.85. The van der Waals surface area contributed by atoms with E-state index in [0.29, 0.717) is 16.7 Å². The SMILES string of the molecule is Cc1cnn2c1c(=O)[nH]c1cc(Br)cnc12. The molecule has 0 aromatic carbocycles. The zero-order chi connectivity index (χ0) is 11.3. The van der Waals surface area contributed by atoms with Crippen molar-refractivity contribution in [3.05, 3.63) is 38.9 Å². The van der Waals surface area contributed by atoms with Crippen LogP contribution in [0.1, 0.15) is 5.56 Å². The van der Waals surface area contributed by atoms with Gasteiger partial charge < -0.3 is 4.98 Å². The predicted octanol–water partition coefficient (Wildman–Crippen LogP) is 1.64. The number of rotatable bonds is 0. The van der Waals surface area contributed by atoms with Gasteiger partial charge in [0.2, 0.25) is 0 Å². The lowest BCUT2D eigenvalue weighted by Crippen LogP contribution is -2.12. The Morgan fingerprint density at radius 1 is 1.44 bits per heavy atom. The highest BCUT2D eigenvalue weighted by Crippen LogP contribution is 2.15. The van der Waals surface area contributed by atoms with Crippen LogP contribution in [0.3, 0.4) is 0 Å². The minimum absolute atomic E-state index is 0.151. The Morgan fingerprint density at radius 3 is 3.06 bits per heavy atom. The standard InChI is InChI=1S/C10H7BrN4O/c1-5-3-13-15-8(5)10(16)14-7-2-6(11)4-12-9(7)15/h2-4H,1H3,(H,14,16). The zero-order valence-corrected chi connectivity index (χ0v) is 9.95. The fourth-order valence-electron chi connectivity index (χ4n) is 1.74. The van der Waals surface area contributed by atoms with Gasteiger partial charge in [0.1, 0.15) is 5.52 Å². The van der Waals surface area contributed by atoms with Crippen molar-refractivity contribution in [2.75, 3.05) is 0 Å². The first-order chi connectivity index (χ1) is 7.66. The van der Waals surface area contributed by atoms with Crippen molar-refractivity contribution in [2.24, 2.45) is 0 Å². The molecule has 1 N–H and O–H groups in total. The van der Waals surface area contributed by atoms with Crippen molar-refractivity contribution < 1.29 is 0 Å². The van der Waals surface area contributed by atoms with Crippen LogP contribution in [-0.4, -0.2) is 19.6 Å². The molecular weight excluding hydrogens is 272 g/mol. The Labute approximate surface area is 98.3 Å². The minimum atomic E-state index is -0.151. The summed E-state index contributed by atoms with van der Waals surface area (Å²) in [4.78, 5) is 18.9. The number of nitrogens with zero attached hydrogens (tertiary/aromatic N) is 3. The van der Waals surface area contributed by atoms with E-state index in [1.807, 2.05) is 6.92 Å². The van der Waals surface area contributed by atoms with Crippen molar-refractivity contribution in [2.45, 2.75) is 6.92 Å². The first-order valence-electron chi connectivity index (χ1n) is 4.69. The topological polar surface area (TPSA) is 63.1 Å². The Bertz CT molecular complexity index is 758. The lowest BCUT2D eigenvalue weighted by atomic mass is 10.3. The number of nitrogens with one attached hydrogen (secondary N) is 1. The summed E-state index contributed by atoms with van der Waals surface area (Å²) in [7, 11) is 0. The molecule has 0 spiro atoms. The molecule has 0 saturated heterocycles. The molecule has 3 rings (SSSR count). The molecule has 0 radical (unpaired) electrons. The Hall–Kier alpha value is -1.69. The van der Waals surface area contributed by atoms with E-state index < -0.39 is 0 Å². The zero-order valence-electron chi connectivity index (χ0n) is 8.36. The Balaban J connectivity index is 2.65. The fraction of sp³-hybridized carbons (Fsp3) is 0.100. The molecule has 0 aliphatic heterocycles. The molecule has 3 aromatic rings. The van der Waals surface area contributed by atoms with E-state index in [2.05, 4.69) is 31.0 Å². The molecule has 0 unspecified atom stereocenters. The highest BCUT2D eigenvalue weighted by atomic mass is 79.9. The van der Waals surface area contributed by atoms with Gasteiger partial charge >= 0.3 is 0 Å². The third kappa shape index (κ3) is 1.19. The van der Waals surface area contributed by atoms with Crippen molar-refractivity contribution >= 4 is 32.6 Å². The van der Waals surface area contributed by atoms with Gasteiger partial charge in [-0.15, -0.1) is 0 Å². The van der Waals surface area contributed by atoms with Crippen molar-refractivity contribution in [1.82, 2.24) is 19.6 Å². The molecule has 6 heteroatoms. The second-order valence-electron chi connectivity index (χ2n) is 3.57. The lowest BCUT2D eigenvalue weighted by molar-refractivity contribution is 0.964. The number of pyridine rings is 1. The molecule has 16 heavy (non-hydrogen) atoms. The molecule has 0 amide bonds. The van der Waals surface area contributed by atoms with E-state index in [0.717, 1.165) is 10.0 Å². The van der Waals surface area contributed by atoms with Gasteiger partial charge in [0.25, 0.3) is 5.56 Å². The first-order valence-corrected chi connectivity index (χ1v) is 5.48. The molecule has 5 nitrogen and oxygen atoms in total. The molecule has 3 heterocycles. The maximum absolute atomic E-state index is 11.8. The van der Waals surface area contributed by atoms with E-state index in [-0.39, 0.29) is 5.56 Å². The van der Waals surface area contributed by atoms with Gasteiger partial charge in [0.05, 0.1) is 11.7 Å². The fourth-order valence-corrected chi connectivity index (χ4v) is 2.07. The van der Waals surface area contributed by atoms with E-state index >= 15 is 0 Å². The summed E-state index contributed by atoms with van der Waals surface area (Å²) in [6, 6.07) is 1.81. The normalized spacial score (nSPS) is 11.4. The van der Waals surface area contributed by atoms with Crippen LogP contribution in [0.5, 0.6) is 0 Å². The number of halogens is 1. The van der Waals surface area contributed by atoms with Gasteiger partial charge in [0, 0.05) is 16.2 Å². The number of fused-ring (bicyclic) bond motifs is 3. The van der Waals surface area contributed by atoms with Crippen LogP contribution in [0.4, 0.5) is 0 Å². The van der Waals surface area contributed by atoms with E-state index in [4.69, 9.17) is 0 Å². The van der Waals surface area contributed by atoms with Gasteiger partial charge in [-0.05, 0) is 28.9 Å².